The number of rotatable bonds is 4. The van der Waals surface area contributed by atoms with Crippen molar-refractivity contribution in [3.05, 3.63) is 35.4 Å². The van der Waals surface area contributed by atoms with Crippen LogP contribution in [-0.4, -0.2) is 65.3 Å². The SMILES string of the molecule is CN(C)[C@@H]1CN(Cc2cccc(C(=O)O)c2)C[C@H]1O. The van der Waals surface area contributed by atoms with Crippen LogP contribution in [0.5, 0.6) is 0 Å². The van der Waals surface area contributed by atoms with E-state index in [-0.39, 0.29) is 12.1 Å². The Balaban J connectivity index is 2.02. The van der Waals surface area contributed by atoms with Crippen LogP contribution in [0.4, 0.5) is 0 Å². The first kappa shape index (κ1) is 14.0. The number of hydrogen-bond acceptors (Lipinski definition) is 4. The fraction of sp³-hybridized carbons (Fsp3) is 0.500. The summed E-state index contributed by atoms with van der Waals surface area (Å²) < 4.78 is 0. The zero-order chi connectivity index (χ0) is 14.0. The largest absolute Gasteiger partial charge is 0.478 e. The molecule has 0 aromatic heterocycles. The van der Waals surface area contributed by atoms with Gasteiger partial charge in [-0.05, 0) is 31.8 Å². The van der Waals surface area contributed by atoms with Crippen LogP contribution in [0, 0.1) is 0 Å². The summed E-state index contributed by atoms with van der Waals surface area (Å²) in [5, 5.41) is 18.9. The highest BCUT2D eigenvalue weighted by molar-refractivity contribution is 5.87. The lowest BCUT2D eigenvalue weighted by Gasteiger charge is -2.21. The molecule has 5 heteroatoms. The normalized spacial score (nSPS) is 24.0. The minimum Gasteiger partial charge on any atom is -0.478 e. The maximum Gasteiger partial charge on any atom is 0.335 e. The predicted octanol–water partition coefficient (Wildman–Crippen LogP) is 0.491. The van der Waals surface area contributed by atoms with Gasteiger partial charge in [-0.3, -0.25) is 4.90 Å². The average molecular weight is 264 g/mol. The lowest BCUT2D eigenvalue weighted by atomic mass is 10.1. The van der Waals surface area contributed by atoms with Crippen LogP contribution < -0.4 is 0 Å². The Morgan fingerprint density at radius 2 is 2.16 bits per heavy atom. The molecule has 104 valence electrons. The molecular formula is C14H20N2O3. The highest BCUT2D eigenvalue weighted by Crippen LogP contribution is 2.17. The Kier molecular flexibility index (Phi) is 4.19. The summed E-state index contributed by atoms with van der Waals surface area (Å²) in [6.45, 7) is 2.09. The third kappa shape index (κ3) is 3.32. The molecule has 2 atom stereocenters. The Bertz CT molecular complexity index is 462. The molecule has 5 nitrogen and oxygen atoms in total. The first-order chi connectivity index (χ1) is 8.97. The van der Waals surface area contributed by atoms with Crippen LogP contribution >= 0.6 is 0 Å². The van der Waals surface area contributed by atoms with E-state index in [4.69, 9.17) is 5.11 Å². The van der Waals surface area contributed by atoms with Crippen molar-refractivity contribution in [3.8, 4) is 0 Å². The molecule has 0 bridgehead atoms. The van der Waals surface area contributed by atoms with Gasteiger partial charge in [0.15, 0.2) is 0 Å². The first-order valence-electron chi connectivity index (χ1n) is 6.36. The Morgan fingerprint density at radius 3 is 2.74 bits per heavy atom. The summed E-state index contributed by atoms with van der Waals surface area (Å²) in [6, 6.07) is 7.10. The zero-order valence-electron chi connectivity index (χ0n) is 11.3. The van der Waals surface area contributed by atoms with Gasteiger partial charge in [-0.25, -0.2) is 4.79 Å². The number of carboxylic acid groups (broad SMARTS) is 1. The minimum absolute atomic E-state index is 0.141. The number of benzene rings is 1. The second kappa shape index (κ2) is 5.69. The van der Waals surface area contributed by atoms with Crippen LogP contribution in [0.25, 0.3) is 0 Å². The van der Waals surface area contributed by atoms with E-state index in [2.05, 4.69) is 4.90 Å². The summed E-state index contributed by atoms with van der Waals surface area (Å²) in [5.74, 6) is -0.908. The number of aliphatic hydroxyl groups is 1. The standard InChI is InChI=1S/C14H20N2O3/c1-15(2)12-8-16(9-13(12)17)7-10-4-3-5-11(6-10)14(18)19/h3-6,12-13,17H,7-9H2,1-2H3,(H,18,19)/t12-,13-/m1/s1. The van der Waals surface area contributed by atoms with Crippen molar-refractivity contribution in [2.24, 2.45) is 0 Å². The summed E-state index contributed by atoms with van der Waals surface area (Å²) in [7, 11) is 3.92. The molecule has 0 spiro atoms. The van der Waals surface area contributed by atoms with Gasteiger partial charge < -0.3 is 15.1 Å². The first-order valence-corrected chi connectivity index (χ1v) is 6.36. The van der Waals surface area contributed by atoms with Gasteiger partial charge in [0.25, 0.3) is 0 Å². The second-order valence-corrected chi connectivity index (χ2v) is 5.30. The average Bonchev–Trinajstić information content (AvgIpc) is 2.70. The smallest absolute Gasteiger partial charge is 0.335 e. The number of β-amino-alcohol motifs (C(OH)–C–C–N with tert-alkyl or cyclic N) is 1. The molecular weight excluding hydrogens is 244 g/mol. The van der Waals surface area contributed by atoms with E-state index in [1.54, 1.807) is 18.2 Å². The topological polar surface area (TPSA) is 64.0 Å². The lowest BCUT2D eigenvalue weighted by molar-refractivity contribution is 0.0696. The molecule has 1 aliphatic heterocycles. The molecule has 0 unspecified atom stereocenters. The summed E-state index contributed by atoms with van der Waals surface area (Å²) in [4.78, 5) is 15.1. The van der Waals surface area contributed by atoms with Crippen LogP contribution in [0.3, 0.4) is 0 Å². The Labute approximate surface area is 113 Å². The van der Waals surface area contributed by atoms with Crippen molar-refractivity contribution in [1.82, 2.24) is 9.80 Å². The van der Waals surface area contributed by atoms with Crippen LogP contribution in [0.2, 0.25) is 0 Å². The molecule has 1 aliphatic rings. The van der Waals surface area contributed by atoms with Crippen LogP contribution in [-0.2, 0) is 6.54 Å². The number of aromatic carboxylic acids is 1. The minimum atomic E-state index is -0.908. The van der Waals surface area contributed by atoms with Crippen molar-refractivity contribution in [2.45, 2.75) is 18.7 Å². The highest BCUT2D eigenvalue weighted by atomic mass is 16.4. The van der Waals surface area contributed by atoms with Gasteiger partial charge in [-0.15, -0.1) is 0 Å². The number of nitrogens with zero attached hydrogens (tertiary/aromatic N) is 2. The summed E-state index contributed by atoms with van der Waals surface area (Å²) in [6.07, 6.45) is -0.349. The van der Waals surface area contributed by atoms with Gasteiger partial charge in [0.1, 0.15) is 0 Å². The van der Waals surface area contributed by atoms with Gasteiger partial charge in [0.05, 0.1) is 11.7 Å². The summed E-state index contributed by atoms with van der Waals surface area (Å²) in [5.41, 5.74) is 1.27. The fourth-order valence-corrected chi connectivity index (χ4v) is 2.54. The van der Waals surface area contributed by atoms with Gasteiger partial charge in [-0.1, -0.05) is 12.1 Å². The molecule has 1 heterocycles. The van der Waals surface area contributed by atoms with Gasteiger partial charge >= 0.3 is 5.97 Å². The van der Waals surface area contributed by atoms with Crippen LogP contribution in [0.1, 0.15) is 15.9 Å². The molecule has 2 rings (SSSR count). The lowest BCUT2D eigenvalue weighted by Crippen LogP contribution is -2.37. The molecule has 19 heavy (non-hydrogen) atoms. The van der Waals surface area contributed by atoms with E-state index in [0.717, 1.165) is 12.1 Å². The fourth-order valence-electron chi connectivity index (χ4n) is 2.54. The molecule has 1 aromatic carbocycles. The third-order valence-electron chi connectivity index (χ3n) is 3.58. The Morgan fingerprint density at radius 1 is 1.42 bits per heavy atom. The quantitative estimate of drug-likeness (QED) is 0.828. The maximum atomic E-state index is 10.9. The van der Waals surface area contributed by atoms with Crippen molar-refractivity contribution < 1.29 is 15.0 Å². The summed E-state index contributed by atoms with van der Waals surface area (Å²) >= 11 is 0. The number of likely N-dealkylation sites (tertiary alicyclic amines) is 1. The molecule has 1 aromatic rings. The molecule has 1 saturated heterocycles. The second-order valence-electron chi connectivity index (χ2n) is 5.30. The van der Waals surface area contributed by atoms with Crippen LogP contribution in [0.15, 0.2) is 24.3 Å². The van der Waals surface area contributed by atoms with Crippen molar-refractivity contribution in [3.63, 3.8) is 0 Å². The number of likely N-dealkylation sites (N-methyl/N-ethyl adjacent to an activating group) is 1. The highest BCUT2D eigenvalue weighted by Gasteiger charge is 2.32. The Hall–Kier alpha value is -1.43. The van der Waals surface area contributed by atoms with Crippen molar-refractivity contribution >= 4 is 5.97 Å². The van der Waals surface area contributed by atoms with Gasteiger partial charge in [-0.2, -0.15) is 0 Å². The molecule has 2 N–H and O–H groups in total. The van der Waals surface area contributed by atoms with E-state index in [1.807, 2.05) is 25.1 Å². The zero-order valence-corrected chi connectivity index (χ0v) is 11.3. The van der Waals surface area contributed by atoms with Crippen molar-refractivity contribution in [1.29, 1.82) is 0 Å². The monoisotopic (exact) mass is 264 g/mol. The van der Waals surface area contributed by atoms with E-state index >= 15 is 0 Å². The number of hydrogen-bond donors (Lipinski definition) is 2. The number of aliphatic hydroxyl groups excluding tert-OH is 1. The molecule has 0 aliphatic carbocycles. The van der Waals surface area contributed by atoms with E-state index in [0.29, 0.717) is 18.7 Å². The van der Waals surface area contributed by atoms with Gasteiger partial charge in [0, 0.05) is 25.7 Å². The van der Waals surface area contributed by atoms with Crippen molar-refractivity contribution in [2.75, 3.05) is 27.2 Å². The van der Waals surface area contributed by atoms with E-state index in [9.17, 15) is 9.90 Å². The number of carboxylic acids is 1. The number of carbonyl (C=O) groups is 1. The third-order valence-corrected chi connectivity index (χ3v) is 3.58. The maximum absolute atomic E-state index is 10.9. The molecule has 1 fully saturated rings. The van der Waals surface area contributed by atoms with Gasteiger partial charge in [0.2, 0.25) is 0 Å². The van der Waals surface area contributed by atoms with E-state index in [1.165, 1.54) is 0 Å². The molecule has 0 saturated carbocycles. The molecule has 0 radical (unpaired) electrons. The van der Waals surface area contributed by atoms with E-state index < -0.39 is 5.97 Å². The molecule has 0 amide bonds. The predicted molar refractivity (Wildman–Crippen MR) is 72.2 cm³/mol.